The second kappa shape index (κ2) is 6.31. The maximum atomic E-state index is 12.1. The number of pyridine rings is 1. The molecule has 0 aliphatic carbocycles. The molecule has 0 unspecified atom stereocenters. The van der Waals surface area contributed by atoms with E-state index in [0.717, 1.165) is 10.0 Å². The molecule has 2 rings (SSSR count). The van der Waals surface area contributed by atoms with E-state index in [1.807, 2.05) is 24.3 Å². The Morgan fingerprint density at radius 2 is 2.05 bits per heavy atom. The average Bonchev–Trinajstić information content (AvgIpc) is 2.45. The Labute approximate surface area is 125 Å². The summed E-state index contributed by atoms with van der Waals surface area (Å²) in [7, 11) is -3.59. The second-order valence-corrected chi connectivity index (χ2v) is 6.66. The van der Waals surface area contributed by atoms with Crippen LogP contribution in [0.1, 0.15) is 5.56 Å². The summed E-state index contributed by atoms with van der Waals surface area (Å²) in [5, 5.41) is 0. The third kappa shape index (κ3) is 3.76. The SMILES string of the molecule is NNc1ccc(S(=O)(=O)NCc2cccc(Br)c2)cn1. The Kier molecular flexibility index (Phi) is 4.71. The molecule has 0 saturated carbocycles. The number of aromatic nitrogens is 1. The molecule has 0 spiro atoms. The Morgan fingerprint density at radius 3 is 2.65 bits per heavy atom. The number of hydrazine groups is 1. The van der Waals surface area contributed by atoms with Crippen LogP contribution in [0.3, 0.4) is 0 Å². The van der Waals surface area contributed by atoms with Crippen LogP contribution in [0.2, 0.25) is 0 Å². The van der Waals surface area contributed by atoms with Gasteiger partial charge in [0.25, 0.3) is 0 Å². The van der Waals surface area contributed by atoms with Gasteiger partial charge in [-0.3, -0.25) is 0 Å². The molecule has 4 N–H and O–H groups in total. The molecule has 6 nitrogen and oxygen atoms in total. The van der Waals surface area contributed by atoms with Crippen molar-refractivity contribution in [2.24, 2.45) is 5.84 Å². The summed E-state index contributed by atoms with van der Waals surface area (Å²) >= 11 is 3.34. The molecule has 1 heterocycles. The Hall–Kier alpha value is -1.48. The average molecular weight is 357 g/mol. The minimum atomic E-state index is -3.59. The molecule has 0 atom stereocenters. The van der Waals surface area contributed by atoms with Crippen molar-refractivity contribution in [1.82, 2.24) is 9.71 Å². The van der Waals surface area contributed by atoms with Crippen LogP contribution in [-0.2, 0) is 16.6 Å². The second-order valence-electron chi connectivity index (χ2n) is 3.98. The first kappa shape index (κ1) is 14.9. The van der Waals surface area contributed by atoms with Gasteiger partial charge in [-0.15, -0.1) is 0 Å². The van der Waals surface area contributed by atoms with E-state index in [-0.39, 0.29) is 11.4 Å². The van der Waals surface area contributed by atoms with Crippen molar-refractivity contribution in [3.8, 4) is 0 Å². The summed E-state index contributed by atoms with van der Waals surface area (Å²) in [4.78, 5) is 3.96. The summed E-state index contributed by atoms with van der Waals surface area (Å²) in [6.07, 6.45) is 1.25. The summed E-state index contributed by atoms with van der Waals surface area (Å²) in [5.74, 6) is 5.57. The van der Waals surface area contributed by atoms with Crippen LogP contribution in [0.4, 0.5) is 5.82 Å². The number of hydrogen-bond donors (Lipinski definition) is 3. The number of sulfonamides is 1. The number of halogens is 1. The molecule has 0 fully saturated rings. The molecule has 2 aromatic rings. The lowest BCUT2D eigenvalue weighted by atomic mass is 10.2. The van der Waals surface area contributed by atoms with E-state index in [9.17, 15) is 8.42 Å². The zero-order valence-corrected chi connectivity index (χ0v) is 12.8. The minimum absolute atomic E-state index is 0.0893. The summed E-state index contributed by atoms with van der Waals surface area (Å²) in [6, 6.07) is 10.3. The van der Waals surface area contributed by atoms with Crippen molar-refractivity contribution >= 4 is 31.8 Å². The quantitative estimate of drug-likeness (QED) is 0.558. The molecule has 0 bridgehead atoms. The molecule has 20 heavy (non-hydrogen) atoms. The number of rotatable bonds is 5. The third-order valence-corrected chi connectivity index (χ3v) is 4.43. The first-order valence-electron chi connectivity index (χ1n) is 5.68. The summed E-state index contributed by atoms with van der Waals surface area (Å²) in [5.41, 5.74) is 3.20. The van der Waals surface area contributed by atoms with E-state index in [0.29, 0.717) is 5.82 Å². The Morgan fingerprint density at radius 1 is 1.25 bits per heavy atom. The smallest absolute Gasteiger partial charge is 0.242 e. The molecule has 0 aliphatic rings. The van der Waals surface area contributed by atoms with Gasteiger partial charge in [0.2, 0.25) is 10.0 Å². The summed E-state index contributed by atoms with van der Waals surface area (Å²) < 4.78 is 27.6. The zero-order valence-electron chi connectivity index (χ0n) is 10.4. The van der Waals surface area contributed by atoms with Crippen molar-refractivity contribution in [2.45, 2.75) is 11.4 Å². The van der Waals surface area contributed by atoms with Crippen LogP contribution < -0.4 is 16.0 Å². The number of anilines is 1. The highest BCUT2D eigenvalue weighted by Crippen LogP contribution is 2.13. The fraction of sp³-hybridized carbons (Fsp3) is 0.0833. The van der Waals surface area contributed by atoms with E-state index < -0.39 is 10.0 Å². The molecule has 0 radical (unpaired) electrons. The highest BCUT2D eigenvalue weighted by atomic mass is 79.9. The van der Waals surface area contributed by atoms with E-state index in [2.05, 4.69) is 31.1 Å². The fourth-order valence-corrected chi connectivity index (χ4v) is 2.94. The maximum Gasteiger partial charge on any atom is 0.242 e. The zero-order chi connectivity index (χ0) is 14.6. The highest BCUT2D eigenvalue weighted by molar-refractivity contribution is 9.10. The lowest BCUT2D eigenvalue weighted by molar-refractivity contribution is 0.581. The van der Waals surface area contributed by atoms with Crippen molar-refractivity contribution in [3.05, 3.63) is 52.6 Å². The van der Waals surface area contributed by atoms with Crippen LogP contribution in [0, 0.1) is 0 Å². The lowest BCUT2D eigenvalue weighted by Crippen LogP contribution is -2.23. The van der Waals surface area contributed by atoms with Gasteiger partial charge in [-0.1, -0.05) is 28.1 Å². The highest BCUT2D eigenvalue weighted by Gasteiger charge is 2.14. The predicted octanol–water partition coefficient (Wildman–Crippen LogP) is 1.61. The number of nitrogens with zero attached hydrogens (tertiary/aromatic N) is 1. The maximum absolute atomic E-state index is 12.1. The lowest BCUT2D eigenvalue weighted by Gasteiger charge is -2.07. The molecule has 1 aromatic heterocycles. The molecule has 106 valence electrons. The van der Waals surface area contributed by atoms with Gasteiger partial charge in [0.1, 0.15) is 10.7 Å². The van der Waals surface area contributed by atoms with Gasteiger partial charge in [0.05, 0.1) is 0 Å². The third-order valence-electron chi connectivity index (χ3n) is 2.55. The molecule has 8 heteroatoms. The topological polar surface area (TPSA) is 97.1 Å². The van der Waals surface area contributed by atoms with Crippen molar-refractivity contribution in [1.29, 1.82) is 0 Å². The van der Waals surface area contributed by atoms with E-state index in [1.54, 1.807) is 0 Å². The van der Waals surface area contributed by atoms with Crippen LogP contribution in [0.5, 0.6) is 0 Å². The van der Waals surface area contributed by atoms with Gasteiger partial charge < -0.3 is 5.43 Å². The molecule has 0 saturated heterocycles. The standard InChI is InChI=1S/C12H13BrN4O2S/c13-10-3-1-2-9(6-10)7-16-20(18,19)11-4-5-12(17-14)15-8-11/h1-6,8,16H,7,14H2,(H,15,17). The van der Waals surface area contributed by atoms with Crippen molar-refractivity contribution in [3.63, 3.8) is 0 Å². The fourth-order valence-electron chi connectivity index (χ4n) is 1.53. The number of benzene rings is 1. The monoisotopic (exact) mass is 356 g/mol. The van der Waals surface area contributed by atoms with Crippen LogP contribution in [-0.4, -0.2) is 13.4 Å². The van der Waals surface area contributed by atoms with Crippen molar-refractivity contribution < 1.29 is 8.42 Å². The molecular weight excluding hydrogens is 344 g/mol. The van der Waals surface area contributed by atoms with Crippen molar-refractivity contribution in [2.75, 3.05) is 5.43 Å². The molecule has 0 amide bonds. The number of nitrogen functional groups attached to an aromatic ring is 1. The van der Waals surface area contributed by atoms with E-state index in [4.69, 9.17) is 5.84 Å². The van der Waals surface area contributed by atoms with Gasteiger partial charge in [0, 0.05) is 17.2 Å². The van der Waals surface area contributed by atoms with E-state index >= 15 is 0 Å². The molecule has 0 aliphatic heterocycles. The molecular formula is C12H13BrN4O2S. The van der Waals surface area contributed by atoms with E-state index in [1.165, 1.54) is 18.3 Å². The number of nitrogens with one attached hydrogen (secondary N) is 2. The first-order valence-corrected chi connectivity index (χ1v) is 7.96. The largest absolute Gasteiger partial charge is 0.308 e. The number of hydrogen-bond acceptors (Lipinski definition) is 5. The van der Waals surface area contributed by atoms with Crippen LogP contribution >= 0.6 is 15.9 Å². The van der Waals surface area contributed by atoms with Gasteiger partial charge in [-0.05, 0) is 29.8 Å². The van der Waals surface area contributed by atoms with Gasteiger partial charge in [-0.2, -0.15) is 0 Å². The van der Waals surface area contributed by atoms with Crippen LogP contribution in [0.25, 0.3) is 0 Å². The van der Waals surface area contributed by atoms with Gasteiger partial charge >= 0.3 is 0 Å². The van der Waals surface area contributed by atoms with Gasteiger partial charge in [-0.25, -0.2) is 24.0 Å². The number of nitrogens with two attached hydrogens (primary N) is 1. The minimum Gasteiger partial charge on any atom is -0.308 e. The van der Waals surface area contributed by atoms with Gasteiger partial charge in [0.15, 0.2) is 0 Å². The van der Waals surface area contributed by atoms with Crippen LogP contribution in [0.15, 0.2) is 52.0 Å². The Bertz CT molecular complexity index is 689. The summed E-state index contributed by atoms with van der Waals surface area (Å²) in [6.45, 7) is 0.207. The predicted molar refractivity (Wildman–Crippen MR) is 80.2 cm³/mol. The Balaban J connectivity index is 2.10. The normalized spacial score (nSPS) is 11.3. The first-order chi connectivity index (χ1) is 9.51. The molecule has 1 aromatic carbocycles.